The minimum atomic E-state index is -0.0717. The van der Waals surface area contributed by atoms with Crippen molar-refractivity contribution in [1.82, 2.24) is 15.2 Å². The molecular formula is C30H39N3O2S. The molecule has 0 bridgehead atoms. The van der Waals surface area contributed by atoms with E-state index in [-0.39, 0.29) is 24.6 Å². The summed E-state index contributed by atoms with van der Waals surface area (Å²) < 4.78 is 0. The summed E-state index contributed by atoms with van der Waals surface area (Å²) in [4.78, 5) is 22.5. The summed E-state index contributed by atoms with van der Waals surface area (Å²) in [7, 11) is 0. The molecule has 2 aliphatic rings. The fourth-order valence-electron chi connectivity index (χ4n) is 5.90. The quantitative estimate of drug-likeness (QED) is 0.428. The summed E-state index contributed by atoms with van der Waals surface area (Å²) in [6.45, 7) is 9.08. The standard InChI is InChI=1S/C30H39N3O2S/c1-30(2,3)23-11-12-25-21(17-23)16-22-18-27(36-29(22)32-25)28(35)31-26(20-8-5-4-6-9-20)13-15-33-14-7-10-24(33)19-34/h4-6,8-9,16,18,23-24,26,34H,7,10-15,17,19H2,1-3H3,(H,31,35)/t23-,24+,26+/m0/s1. The number of nitrogens with one attached hydrogen (secondary N) is 1. The van der Waals surface area contributed by atoms with Crippen LogP contribution in [0, 0.1) is 11.3 Å². The first-order valence-electron chi connectivity index (χ1n) is 13.4. The number of aliphatic hydroxyl groups excluding tert-OH is 1. The van der Waals surface area contributed by atoms with Gasteiger partial charge in [0, 0.05) is 23.7 Å². The third kappa shape index (κ3) is 5.51. The van der Waals surface area contributed by atoms with E-state index in [9.17, 15) is 9.90 Å². The van der Waals surface area contributed by atoms with Crippen LogP contribution in [0.15, 0.2) is 42.5 Å². The molecule has 0 radical (unpaired) electrons. The molecule has 0 saturated carbocycles. The predicted molar refractivity (Wildman–Crippen MR) is 148 cm³/mol. The maximum absolute atomic E-state index is 13.4. The lowest BCUT2D eigenvalue weighted by Crippen LogP contribution is -2.36. The zero-order chi connectivity index (χ0) is 25.3. The Bertz CT molecular complexity index is 1200. The third-order valence-electron chi connectivity index (χ3n) is 8.24. The Morgan fingerprint density at radius 3 is 2.78 bits per heavy atom. The van der Waals surface area contributed by atoms with Gasteiger partial charge >= 0.3 is 0 Å². The molecule has 2 aromatic heterocycles. The second-order valence-electron chi connectivity index (χ2n) is 11.6. The van der Waals surface area contributed by atoms with Crippen LogP contribution in [0.25, 0.3) is 10.2 Å². The van der Waals surface area contributed by atoms with Gasteiger partial charge in [-0.2, -0.15) is 0 Å². The van der Waals surface area contributed by atoms with Crippen molar-refractivity contribution in [2.75, 3.05) is 19.7 Å². The second-order valence-corrected chi connectivity index (χ2v) is 12.7. The normalized spacial score (nSPS) is 21.4. The summed E-state index contributed by atoms with van der Waals surface area (Å²) in [5, 5.41) is 14.1. The van der Waals surface area contributed by atoms with Gasteiger partial charge in [-0.1, -0.05) is 51.1 Å². The van der Waals surface area contributed by atoms with Crippen molar-refractivity contribution in [2.24, 2.45) is 11.3 Å². The van der Waals surface area contributed by atoms with E-state index in [1.165, 1.54) is 29.0 Å². The Labute approximate surface area is 218 Å². The number of thiophene rings is 1. The molecule has 1 fully saturated rings. The average Bonchev–Trinajstić information content (AvgIpc) is 3.50. The van der Waals surface area contributed by atoms with Gasteiger partial charge in [-0.15, -0.1) is 11.3 Å². The Morgan fingerprint density at radius 2 is 2.03 bits per heavy atom. The number of pyridine rings is 1. The lowest BCUT2D eigenvalue weighted by atomic mass is 9.71. The van der Waals surface area contributed by atoms with Gasteiger partial charge in [-0.25, -0.2) is 4.98 Å². The second kappa shape index (κ2) is 10.6. The van der Waals surface area contributed by atoms with E-state index in [0.717, 1.165) is 65.9 Å². The van der Waals surface area contributed by atoms with Crippen LogP contribution >= 0.6 is 11.3 Å². The topological polar surface area (TPSA) is 65.5 Å². The molecule has 1 amide bonds. The maximum Gasteiger partial charge on any atom is 0.261 e. The Kier molecular flexibility index (Phi) is 7.47. The average molecular weight is 506 g/mol. The fraction of sp³-hybridized carbons (Fsp3) is 0.533. The number of aromatic nitrogens is 1. The Morgan fingerprint density at radius 1 is 1.22 bits per heavy atom. The van der Waals surface area contributed by atoms with Crippen LogP contribution < -0.4 is 5.32 Å². The maximum atomic E-state index is 13.4. The molecule has 6 heteroatoms. The zero-order valence-electron chi connectivity index (χ0n) is 21.8. The van der Waals surface area contributed by atoms with Crippen LogP contribution in [-0.2, 0) is 12.8 Å². The van der Waals surface area contributed by atoms with E-state index >= 15 is 0 Å². The SMILES string of the molecule is CC(C)(C)[C@H]1CCc2nc3sc(C(=O)N[C@H](CCN4CCC[C@@H]4CO)c4ccccc4)cc3cc2C1. The molecule has 5 rings (SSSR count). The molecule has 192 valence electrons. The molecule has 1 aromatic carbocycles. The number of aryl methyl sites for hydroxylation is 1. The van der Waals surface area contributed by atoms with Gasteiger partial charge in [0.25, 0.3) is 5.91 Å². The molecule has 1 aliphatic heterocycles. The van der Waals surface area contributed by atoms with E-state index in [1.807, 2.05) is 24.3 Å². The molecule has 36 heavy (non-hydrogen) atoms. The zero-order valence-corrected chi connectivity index (χ0v) is 22.6. The van der Waals surface area contributed by atoms with Gasteiger partial charge in [0.2, 0.25) is 0 Å². The van der Waals surface area contributed by atoms with Gasteiger partial charge in [-0.3, -0.25) is 9.69 Å². The van der Waals surface area contributed by atoms with E-state index in [2.05, 4.69) is 49.2 Å². The summed E-state index contributed by atoms with van der Waals surface area (Å²) in [5.41, 5.74) is 3.98. The highest BCUT2D eigenvalue weighted by Crippen LogP contribution is 2.38. The number of rotatable bonds is 7. The van der Waals surface area contributed by atoms with E-state index in [1.54, 1.807) is 0 Å². The number of aliphatic hydroxyl groups is 1. The van der Waals surface area contributed by atoms with E-state index < -0.39 is 0 Å². The highest BCUT2D eigenvalue weighted by atomic mass is 32.1. The minimum absolute atomic E-state index is 0.0301. The van der Waals surface area contributed by atoms with Gasteiger partial charge in [0.1, 0.15) is 4.83 Å². The van der Waals surface area contributed by atoms with E-state index in [0.29, 0.717) is 11.3 Å². The van der Waals surface area contributed by atoms with Crippen molar-refractivity contribution < 1.29 is 9.90 Å². The van der Waals surface area contributed by atoms with Crippen LogP contribution in [0.1, 0.15) is 79.0 Å². The number of nitrogens with zero attached hydrogens (tertiary/aromatic N) is 2. The number of hydrogen-bond acceptors (Lipinski definition) is 5. The summed E-state index contributed by atoms with van der Waals surface area (Å²) in [5.74, 6) is 0.635. The monoisotopic (exact) mass is 505 g/mol. The Hall–Kier alpha value is -2.28. The smallest absolute Gasteiger partial charge is 0.261 e. The predicted octanol–water partition coefficient (Wildman–Crippen LogP) is 5.77. The molecular weight excluding hydrogens is 466 g/mol. The van der Waals surface area contributed by atoms with Crippen LogP contribution in [0.4, 0.5) is 0 Å². The van der Waals surface area contributed by atoms with Crippen molar-refractivity contribution >= 4 is 27.5 Å². The first kappa shape index (κ1) is 25.4. The van der Waals surface area contributed by atoms with Crippen LogP contribution in [0.2, 0.25) is 0 Å². The van der Waals surface area contributed by atoms with Crippen LogP contribution in [0.3, 0.4) is 0 Å². The largest absolute Gasteiger partial charge is 0.395 e. The van der Waals surface area contributed by atoms with Crippen molar-refractivity contribution in [2.45, 2.75) is 71.4 Å². The first-order valence-corrected chi connectivity index (χ1v) is 14.3. The van der Waals surface area contributed by atoms with E-state index in [4.69, 9.17) is 4.98 Å². The Balaban J connectivity index is 1.33. The first-order chi connectivity index (χ1) is 17.3. The third-order valence-corrected chi connectivity index (χ3v) is 9.29. The van der Waals surface area contributed by atoms with Gasteiger partial charge < -0.3 is 10.4 Å². The number of carbonyl (C=O) groups is 1. The summed E-state index contributed by atoms with van der Waals surface area (Å²) in [6.07, 6.45) is 6.27. The molecule has 0 unspecified atom stereocenters. The van der Waals surface area contributed by atoms with Crippen LogP contribution in [0.5, 0.6) is 0 Å². The van der Waals surface area contributed by atoms with Crippen molar-refractivity contribution in [3.63, 3.8) is 0 Å². The molecule has 0 spiro atoms. The summed E-state index contributed by atoms with van der Waals surface area (Å²) in [6, 6.07) is 14.7. The highest BCUT2D eigenvalue weighted by Gasteiger charge is 2.30. The number of benzene rings is 1. The van der Waals surface area contributed by atoms with Gasteiger partial charge in [0.15, 0.2) is 0 Å². The number of hydrogen-bond donors (Lipinski definition) is 2. The fourth-order valence-corrected chi connectivity index (χ4v) is 6.84. The number of carbonyl (C=O) groups excluding carboxylic acids is 1. The molecule has 3 atom stereocenters. The van der Waals surface area contributed by atoms with Crippen molar-refractivity contribution in [3.8, 4) is 0 Å². The highest BCUT2D eigenvalue weighted by molar-refractivity contribution is 7.20. The molecule has 5 nitrogen and oxygen atoms in total. The van der Waals surface area contributed by atoms with Crippen molar-refractivity contribution in [1.29, 1.82) is 0 Å². The van der Waals surface area contributed by atoms with Crippen molar-refractivity contribution in [3.05, 3.63) is 64.2 Å². The molecule has 2 N–H and O–H groups in total. The van der Waals surface area contributed by atoms with Gasteiger partial charge in [0.05, 0.1) is 17.5 Å². The molecule has 3 heterocycles. The minimum Gasteiger partial charge on any atom is -0.395 e. The summed E-state index contributed by atoms with van der Waals surface area (Å²) >= 11 is 1.50. The molecule has 3 aromatic rings. The lowest BCUT2D eigenvalue weighted by molar-refractivity contribution is 0.0931. The lowest BCUT2D eigenvalue weighted by Gasteiger charge is -2.34. The molecule has 1 saturated heterocycles. The number of fused-ring (bicyclic) bond motifs is 2. The number of amides is 1. The van der Waals surface area contributed by atoms with Gasteiger partial charge in [-0.05, 0) is 79.7 Å². The van der Waals surface area contributed by atoms with Crippen LogP contribution in [-0.4, -0.2) is 46.6 Å². The molecule has 1 aliphatic carbocycles. The number of likely N-dealkylation sites (tertiary alicyclic amines) is 1.